The molecule has 0 aliphatic heterocycles. The van der Waals surface area contributed by atoms with Gasteiger partial charge in [-0.3, -0.25) is 14.6 Å². The molecule has 1 aromatic heterocycles. The first-order chi connectivity index (χ1) is 10.5. The van der Waals surface area contributed by atoms with Crippen molar-refractivity contribution < 1.29 is 9.59 Å². The van der Waals surface area contributed by atoms with Crippen LogP contribution < -0.4 is 5.32 Å². The SMILES string of the molecule is CC(=O)NCC(=O)N(CC(C)C)C1CCCc2cccnc21. The van der Waals surface area contributed by atoms with Gasteiger partial charge in [-0.1, -0.05) is 19.9 Å². The second-order valence-electron chi connectivity index (χ2n) is 6.31. The quantitative estimate of drug-likeness (QED) is 0.906. The number of rotatable bonds is 5. The zero-order valence-corrected chi connectivity index (χ0v) is 13.6. The topological polar surface area (TPSA) is 62.3 Å². The van der Waals surface area contributed by atoms with E-state index >= 15 is 0 Å². The fourth-order valence-electron chi connectivity index (χ4n) is 2.99. The fraction of sp³-hybridized carbons (Fsp3) is 0.588. The van der Waals surface area contributed by atoms with Gasteiger partial charge in [0, 0.05) is 19.7 Å². The highest BCUT2D eigenvalue weighted by Crippen LogP contribution is 2.33. The molecule has 0 saturated heterocycles. The molecule has 1 heterocycles. The molecule has 1 aromatic rings. The van der Waals surface area contributed by atoms with Crippen molar-refractivity contribution in [2.24, 2.45) is 5.92 Å². The van der Waals surface area contributed by atoms with Crippen LogP contribution in [-0.4, -0.2) is 34.8 Å². The summed E-state index contributed by atoms with van der Waals surface area (Å²) in [5.41, 5.74) is 2.26. The average Bonchev–Trinajstić information content (AvgIpc) is 2.49. The molecular formula is C17H25N3O2. The first-order valence-corrected chi connectivity index (χ1v) is 7.96. The van der Waals surface area contributed by atoms with Crippen LogP contribution in [0.1, 0.15) is 50.9 Å². The number of carbonyl (C=O) groups is 2. The van der Waals surface area contributed by atoms with Crippen molar-refractivity contribution in [3.8, 4) is 0 Å². The molecule has 1 N–H and O–H groups in total. The van der Waals surface area contributed by atoms with Gasteiger partial charge in [-0.25, -0.2) is 0 Å². The maximum absolute atomic E-state index is 12.6. The van der Waals surface area contributed by atoms with E-state index in [9.17, 15) is 9.59 Å². The molecule has 5 heteroatoms. The van der Waals surface area contributed by atoms with Crippen LogP contribution in [-0.2, 0) is 16.0 Å². The van der Waals surface area contributed by atoms with E-state index in [0.29, 0.717) is 12.5 Å². The average molecular weight is 303 g/mol. The first kappa shape index (κ1) is 16.5. The molecule has 0 radical (unpaired) electrons. The van der Waals surface area contributed by atoms with Gasteiger partial charge in [0.25, 0.3) is 0 Å². The normalized spacial score (nSPS) is 17.0. The molecule has 0 spiro atoms. The predicted octanol–water partition coefficient (Wildman–Crippen LogP) is 2.08. The fourth-order valence-corrected chi connectivity index (χ4v) is 2.99. The van der Waals surface area contributed by atoms with E-state index < -0.39 is 0 Å². The van der Waals surface area contributed by atoms with Gasteiger partial charge in [-0.2, -0.15) is 0 Å². The molecule has 120 valence electrons. The van der Waals surface area contributed by atoms with Crippen molar-refractivity contribution >= 4 is 11.8 Å². The Hall–Kier alpha value is -1.91. The molecule has 2 rings (SSSR count). The van der Waals surface area contributed by atoms with Crippen molar-refractivity contribution in [3.05, 3.63) is 29.6 Å². The van der Waals surface area contributed by atoms with Crippen LogP contribution in [0.2, 0.25) is 0 Å². The van der Waals surface area contributed by atoms with Gasteiger partial charge in [0.1, 0.15) is 0 Å². The number of fused-ring (bicyclic) bond motifs is 1. The lowest BCUT2D eigenvalue weighted by Crippen LogP contribution is -2.44. The van der Waals surface area contributed by atoms with Crippen LogP contribution in [0.3, 0.4) is 0 Å². The van der Waals surface area contributed by atoms with E-state index in [2.05, 4.69) is 30.2 Å². The summed E-state index contributed by atoms with van der Waals surface area (Å²) < 4.78 is 0. The molecule has 0 fully saturated rings. The Balaban J connectivity index is 2.22. The monoisotopic (exact) mass is 303 g/mol. The van der Waals surface area contributed by atoms with Gasteiger partial charge in [0.2, 0.25) is 11.8 Å². The maximum atomic E-state index is 12.6. The highest BCUT2D eigenvalue weighted by molar-refractivity contribution is 5.84. The molecule has 0 bridgehead atoms. The Kier molecular flexibility index (Phi) is 5.52. The number of pyridine rings is 1. The summed E-state index contributed by atoms with van der Waals surface area (Å²) in [6.45, 7) is 6.36. The first-order valence-electron chi connectivity index (χ1n) is 7.96. The van der Waals surface area contributed by atoms with Gasteiger partial charge < -0.3 is 10.2 Å². The number of aromatic nitrogens is 1. The Bertz CT molecular complexity index is 542. The van der Waals surface area contributed by atoms with Crippen molar-refractivity contribution in [2.75, 3.05) is 13.1 Å². The summed E-state index contributed by atoms with van der Waals surface area (Å²) in [4.78, 5) is 30.1. The summed E-state index contributed by atoms with van der Waals surface area (Å²) in [6, 6.07) is 4.07. The van der Waals surface area contributed by atoms with Crippen LogP contribution in [0.5, 0.6) is 0 Å². The summed E-state index contributed by atoms with van der Waals surface area (Å²) >= 11 is 0. The standard InChI is InChI=1S/C17H25N3O2/c1-12(2)11-20(16(22)10-19-13(3)21)15-8-4-6-14-7-5-9-18-17(14)15/h5,7,9,12,15H,4,6,8,10-11H2,1-3H3,(H,19,21). The predicted molar refractivity (Wildman–Crippen MR) is 85.2 cm³/mol. The third-order valence-corrected chi connectivity index (χ3v) is 3.91. The minimum Gasteiger partial charge on any atom is -0.347 e. The third-order valence-electron chi connectivity index (χ3n) is 3.91. The van der Waals surface area contributed by atoms with Crippen molar-refractivity contribution in [1.29, 1.82) is 0 Å². The lowest BCUT2D eigenvalue weighted by atomic mass is 9.90. The lowest BCUT2D eigenvalue weighted by Gasteiger charge is -2.36. The summed E-state index contributed by atoms with van der Waals surface area (Å²) in [7, 11) is 0. The van der Waals surface area contributed by atoms with Crippen LogP contribution >= 0.6 is 0 Å². The van der Waals surface area contributed by atoms with Crippen LogP contribution in [0.4, 0.5) is 0 Å². The molecular weight excluding hydrogens is 278 g/mol. The Morgan fingerprint density at radius 1 is 1.45 bits per heavy atom. The number of hydrogen-bond acceptors (Lipinski definition) is 3. The number of amides is 2. The van der Waals surface area contributed by atoms with Crippen molar-refractivity contribution in [3.63, 3.8) is 0 Å². The van der Waals surface area contributed by atoms with Crippen molar-refractivity contribution in [2.45, 2.75) is 46.1 Å². The molecule has 5 nitrogen and oxygen atoms in total. The Labute approximate surface area is 132 Å². The molecule has 0 aromatic carbocycles. The molecule has 1 aliphatic rings. The van der Waals surface area contributed by atoms with E-state index in [4.69, 9.17) is 0 Å². The van der Waals surface area contributed by atoms with Crippen LogP contribution in [0, 0.1) is 5.92 Å². The van der Waals surface area contributed by atoms with Crippen molar-refractivity contribution in [1.82, 2.24) is 15.2 Å². The smallest absolute Gasteiger partial charge is 0.242 e. The largest absolute Gasteiger partial charge is 0.347 e. The molecule has 0 saturated carbocycles. The van der Waals surface area contributed by atoms with Gasteiger partial charge >= 0.3 is 0 Å². The molecule has 22 heavy (non-hydrogen) atoms. The third kappa shape index (κ3) is 4.06. The highest BCUT2D eigenvalue weighted by Gasteiger charge is 2.30. The summed E-state index contributed by atoms with van der Waals surface area (Å²) in [5.74, 6) is 0.155. The van der Waals surface area contributed by atoms with Gasteiger partial charge in [0.05, 0.1) is 18.3 Å². The second-order valence-corrected chi connectivity index (χ2v) is 6.31. The number of carbonyl (C=O) groups excluding carboxylic acids is 2. The molecule has 1 aliphatic carbocycles. The van der Waals surface area contributed by atoms with E-state index in [0.717, 1.165) is 25.0 Å². The Morgan fingerprint density at radius 2 is 2.23 bits per heavy atom. The summed E-state index contributed by atoms with van der Waals surface area (Å²) in [5, 5.41) is 2.61. The molecule has 1 unspecified atom stereocenters. The van der Waals surface area contributed by atoms with E-state index in [-0.39, 0.29) is 24.4 Å². The van der Waals surface area contributed by atoms with Gasteiger partial charge in [0.15, 0.2) is 0 Å². The van der Waals surface area contributed by atoms with Crippen LogP contribution in [0.25, 0.3) is 0 Å². The maximum Gasteiger partial charge on any atom is 0.242 e. The second kappa shape index (κ2) is 7.38. The molecule has 2 amide bonds. The van der Waals surface area contributed by atoms with E-state index in [1.54, 1.807) is 6.20 Å². The molecule has 1 atom stereocenters. The number of aryl methyl sites for hydroxylation is 1. The number of nitrogens with one attached hydrogen (secondary N) is 1. The highest BCUT2D eigenvalue weighted by atomic mass is 16.2. The number of hydrogen-bond donors (Lipinski definition) is 1. The van der Waals surface area contributed by atoms with Gasteiger partial charge in [-0.05, 0) is 36.8 Å². The minimum absolute atomic E-state index is 0.0219. The minimum atomic E-state index is -0.181. The van der Waals surface area contributed by atoms with E-state index in [1.807, 2.05) is 11.0 Å². The Morgan fingerprint density at radius 3 is 2.91 bits per heavy atom. The van der Waals surface area contributed by atoms with Crippen LogP contribution in [0.15, 0.2) is 18.3 Å². The summed E-state index contributed by atoms with van der Waals surface area (Å²) in [6.07, 6.45) is 4.81. The number of nitrogens with zero attached hydrogens (tertiary/aromatic N) is 2. The zero-order valence-electron chi connectivity index (χ0n) is 13.6. The lowest BCUT2D eigenvalue weighted by molar-refractivity contribution is -0.135. The van der Waals surface area contributed by atoms with E-state index in [1.165, 1.54) is 12.5 Å². The zero-order chi connectivity index (χ0) is 16.1. The van der Waals surface area contributed by atoms with Gasteiger partial charge in [-0.15, -0.1) is 0 Å².